The fourth-order valence-corrected chi connectivity index (χ4v) is 2.64. The van der Waals surface area contributed by atoms with Gasteiger partial charge in [-0.1, -0.05) is 18.2 Å². The van der Waals surface area contributed by atoms with E-state index in [2.05, 4.69) is 42.3 Å². The molecule has 0 unspecified atom stereocenters. The molecule has 1 aliphatic heterocycles. The molecule has 3 nitrogen and oxygen atoms in total. The number of nitrogens with one attached hydrogen (secondary N) is 1. The second-order valence-electron chi connectivity index (χ2n) is 5.70. The van der Waals surface area contributed by atoms with Crippen LogP contribution in [-0.2, 0) is 11.3 Å². The van der Waals surface area contributed by atoms with Crippen LogP contribution in [0.1, 0.15) is 29.5 Å². The van der Waals surface area contributed by atoms with Gasteiger partial charge in [0.1, 0.15) is 0 Å². The Balaban J connectivity index is 1.56. The third kappa shape index (κ3) is 4.89. The van der Waals surface area contributed by atoms with Gasteiger partial charge in [0.15, 0.2) is 0 Å². The molecule has 0 saturated carbocycles. The monoisotopic (exact) mass is 276 g/mol. The van der Waals surface area contributed by atoms with Crippen LogP contribution in [0.25, 0.3) is 0 Å². The summed E-state index contributed by atoms with van der Waals surface area (Å²) >= 11 is 0. The normalized spacial score (nSPS) is 16.5. The highest BCUT2D eigenvalue weighted by Crippen LogP contribution is 2.12. The van der Waals surface area contributed by atoms with Gasteiger partial charge in [0, 0.05) is 19.6 Å². The first-order valence-corrected chi connectivity index (χ1v) is 7.83. The molecule has 112 valence electrons. The first-order chi connectivity index (χ1) is 9.77. The Hall–Kier alpha value is -0.900. The number of nitrogens with zero attached hydrogens (tertiary/aromatic N) is 1. The van der Waals surface area contributed by atoms with Gasteiger partial charge in [-0.05, 0) is 56.5 Å². The van der Waals surface area contributed by atoms with E-state index in [4.69, 9.17) is 4.74 Å². The Morgan fingerprint density at radius 3 is 2.75 bits per heavy atom. The van der Waals surface area contributed by atoms with Crippen molar-refractivity contribution in [3.63, 3.8) is 0 Å². The summed E-state index contributed by atoms with van der Waals surface area (Å²) < 4.78 is 5.36. The van der Waals surface area contributed by atoms with Crippen molar-refractivity contribution in [2.45, 2.75) is 33.2 Å². The minimum absolute atomic E-state index is 0.908. The number of benzene rings is 1. The minimum Gasteiger partial charge on any atom is -0.379 e. The van der Waals surface area contributed by atoms with Crippen LogP contribution < -0.4 is 5.32 Å². The van der Waals surface area contributed by atoms with Crippen molar-refractivity contribution in [2.24, 2.45) is 0 Å². The molecule has 1 aliphatic rings. The van der Waals surface area contributed by atoms with Crippen LogP contribution >= 0.6 is 0 Å². The van der Waals surface area contributed by atoms with Crippen molar-refractivity contribution in [2.75, 3.05) is 39.4 Å². The third-order valence-corrected chi connectivity index (χ3v) is 4.21. The predicted molar refractivity (Wildman–Crippen MR) is 84.1 cm³/mol. The van der Waals surface area contributed by atoms with Crippen molar-refractivity contribution in [1.82, 2.24) is 10.2 Å². The van der Waals surface area contributed by atoms with E-state index in [1.165, 1.54) is 36.1 Å². The van der Waals surface area contributed by atoms with E-state index in [0.717, 1.165) is 39.4 Å². The number of rotatable bonds is 7. The summed E-state index contributed by atoms with van der Waals surface area (Å²) in [6.45, 7) is 11.7. The van der Waals surface area contributed by atoms with E-state index in [0.29, 0.717) is 0 Å². The van der Waals surface area contributed by atoms with Crippen LogP contribution in [0.5, 0.6) is 0 Å². The van der Waals surface area contributed by atoms with Gasteiger partial charge in [0.25, 0.3) is 0 Å². The summed E-state index contributed by atoms with van der Waals surface area (Å²) in [7, 11) is 0. The van der Waals surface area contributed by atoms with E-state index >= 15 is 0 Å². The van der Waals surface area contributed by atoms with Gasteiger partial charge in [-0.25, -0.2) is 0 Å². The number of hydrogen-bond acceptors (Lipinski definition) is 3. The van der Waals surface area contributed by atoms with Gasteiger partial charge in [0.2, 0.25) is 0 Å². The average molecular weight is 276 g/mol. The lowest BCUT2D eigenvalue weighted by atomic mass is 10.0. The molecule has 1 heterocycles. The van der Waals surface area contributed by atoms with E-state index in [9.17, 15) is 0 Å². The highest BCUT2D eigenvalue weighted by atomic mass is 16.5. The fraction of sp³-hybridized carbons (Fsp3) is 0.647. The Labute approximate surface area is 123 Å². The van der Waals surface area contributed by atoms with Crippen molar-refractivity contribution in [3.05, 3.63) is 34.9 Å². The zero-order chi connectivity index (χ0) is 14.2. The number of aryl methyl sites for hydroxylation is 1. The van der Waals surface area contributed by atoms with Gasteiger partial charge in [0.05, 0.1) is 13.2 Å². The van der Waals surface area contributed by atoms with Crippen molar-refractivity contribution < 1.29 is 4.74 Å². The Morgan fingerprint density at radius 1 is 1.15 bits per heavy atom. The van der Waals surface area contributed by atoms with E-state index in [-0.39, 0.29) is 0 Å². The summed E-state index contributed by atoms with van der Waals surface area (Å²) in [5.41, 5.74) is 4.24. The molecular formula is C17H28N2O. The lowest BCUT2D eigenvalue weighted by Gasteiger charge is -2.26. The van der Waals surface area contributed by atoms with Crippen LogP contribution in [0.4, 0.5) is 0 Å². The second-order valence-corrected chi connectivity index (χ2v) is 5.70. The maximum Gasteiger partial charge on any atom is 0.0594 e. The van der Waals surface area contributed by atoms with Gasteiger partial charge in [-0.15, -0.1) is 0 Å². The molecule has 0 atom stereocenters. The van der Waals surface area contributed by atoms with Crippen LogP contribution in [0, 0.1) is 13.8 Å². The van der Waals surface area contributed by atoms with Crippen molar-refractivity contribution >= 4 is 0 Å². The molecule has 1 fully saturated rings. The number of morpholine rings is 1. The molecule has 0 amide bonds. The Morgan fingerprint density at radius 2 is 1.95 bits per heavy atom. The average Bonchev–Trinajstić information content (AvgIpc) is 2.48. The van der Waals surface area contributed by atoms with Crippen LogP contribution in [0.15, 0.2) is 18.2 Å². The molecule has 2 rings (SSSR count). The molecule has 3 heteroatoms. The molecule has 1 N–H and O–H groups in total. The first kappa shape index (κ1) is 15.5. The van der Waals surface area contributed by atoms with E-state index in [1.54, 1.807) is 0 Å². The molecule has 0 bridgehead atoms. The summed E-state index contributed by atoms with van der Waals surface area (Å²) in [6.07, 6.45) is 2.53. The zero-order valence-corrected chi connectivity index (χ0v) is 13.0. The summed E-state index contributed by atoms with van der Waals surface area (Å²) in [6, 6.07) is 6.56. The fourth-order valence-electron chi connectivity index (χ4n) is 2.64. The lowest BCUT2D eigenvalue weighted by molar-refractivity contribution is 0.0372. The summed E-state index contributed by atoms with van der Waals surface area (Å²) in [4.78, 5) is 2.51. The van der Waals surface area contributed by atoms with E-state index < -0.39 is 0 Å². The van der Waals surface area contributed by atoms with Crippen molar-refractivity contribution in [3.8, 4) is 0 Å². The topological polar surface area (TPSA) is 24.5 Å². The number of hydrogen-bond donors (Lipinski definition) is 1. The third-order valence-electron chi connectivity index (χ3n) is 4.21. The van der Waals surface area contributed by atoms with Crippen molar-refractivity contribution in [1.29, 1.82) is 0 Å². The Kier molecular flexibility index (Phi) is 6.51. The maximum atomic E-state index is 5.36. The lowest BCUT2D eigenvalue weighted by Crippen LogP contribution is -2.37. The molecule has 0 radical (unpaired) electrons. The summed E-state index contributed by atoms with van der Waals surface area (Å²) in [5, 5.41) is 3.56. The molecule has 0 aromatic heterocycles. The molecule has 20 heavy (non-hydrogen) atoms. The number of unbranched alkanes of at least 4 members (excludes halogenated alkanes) is 1. The second kappa shape index (κ2) is 8.40. The molecule has 0 spiro atoms. The van der Waals surface area contributed by atoms with Gasteiger partial charge in [-0.2, -0.15) is 0 Å². The SMILES string of the molecule is Cc1cccc(CNCCCCN2CCOCC2)c1C. The van der Waals surface area contributed by atoms with E-state index in [1.807, 2.05) is 0 Å². The van der Waals surface area contributed by atoms with Crippen LogP contribution in [0.3, 0.4) is 0 Å². The van der Waals surface area contributed by atoms with Gasteiger partial charge < -0.3 is 10.1 Å². The molecular weight excluding hydrogens is 248 g/mol. The smallest absolute Gasteiger partial charge is 0.0594 e. The first-order valence-electron chi connectivity index (χ1n) is 7.83. The molecule has 1 aromatic carbocycles. The predicted octanol–water partition coefficient (Wildman–Crippen LogP) is 2.51. The Bertz CT molecular complexity index is 400. The molecule has 1 saturated heterocycles. The zero-order valence-electron chi connectivity index (χ0n) is 13.0. The maximum absolute atomic E-state index is 5.36. The van der Waals surface area contributed by atoms with Gasteiger partial charge >= 0.3 is 0 Å². The largest absolute Gasteiger partial charge is 0.379 e. The molecule has 1 aromatic rings. The summed E-state index contributed by atoms with van der Waals surface area (Å²) in [5.74, 6) is 0. The van der Waals surface area contributed by atoms with Gasteiger partial charge in [-0.3, -0.25) is 4.90 Å². The molecule has 0 aliphatic carbocycles. The quantitative estimate of drug-likeness (QED) is 0.775. The number of ether oxygens (including phenoxy) is 1. The highest BCUT2D eigenvalue weighted by Gasteiger charge is 2.08. The van der Waals surface area contributed by atoms with Crippen LogP contribution in [0.2, 0.25) is 0 Å². The van der Waals surface area contributed by atoms with Crippen LogP contribution in [-0.4, -0.2) is 44.3 Å². The highest BCUT2D eigenvalue weighted by molar-refractivity contribution is 5.32. The standard InChI is InChI=1S/C17H28N2O/c1-15-6-5-7-17(16(15)2)14-18-8-3-4-9-19-10-12-20-13-11-19/h5-7,18H,3-4,8-14H2,1-2H3. The minimum atomic E-state index is 0.908.